The van der Waals surface area contributed by atoms with Crippen LogP contribution in [0.4, 0.5) is 4.39 Å². The second-order valence-electron chi connectivity index (χ2n) is 9.60. The Labute approximate surface area is 220 Å². The molecule has 1 aromatic heterocycles. The Bertz CT molecular complexity index is 1220. The number of benzene rings is 2. The van der Waals surface area contributed by atoms with Gasteiger partial charge in [-0.1, -0.05) is 17.7 Å². The van der Waals surface area contributed by atoms with E-state index in [1.54, 1.807) is 28.4 Å². The van der Waals surface area contributed by atoms with Gasteiger partial charge in [-0.3, -0.25) is 9.59 Å². The highest BCUT2D eigenvalue weighted by Gasteiger charge is 2.34. The van der Waals surface area contributed by atoms with E-state index >= 15 is 0 Å². The molecule has 3 heterocycles. The quantitative estimate of drug-likeness (QED) is 0.417. The summed E-state index contributed by atoms with van der Waals surface area (Å²) in [7, 11) is 0. The van der Waals surface area contributed by atoms with Crippen LogP contribution in [0.1, 0.15) is 45.2 Å². The Hall–Kier alpha value is -3.23. The van der Waals surface area contributed by atoms with Crippen molar-refractivity contribution in [1.29, 1.82) is 0 Å². The standard InChI is InChI=1S/C29H31FN2O4S/c1-20-4-6-21(7-5-20)29(34)31(17-24-3-2-15-35-24)18-28(33)32-14-12-27-25(13-16-37-27)26(32)19-36-23-10-8-22(30)9-11-23/h4-11,13,16,24,26H,2-3,12,14-15,17-19H2,1H3. The summed E-state index contributed by atoms with van der Waals surface area (Å²) in [5.74, 6) is -0.0727. The van der Waals surface area contributed by atoms with Crippen molar-refractivity contribution in [2.45, 2.75) is 38.3 Å². The van der Waals surface area contributed by atoms with Gasteiger partial charge in [-0.2, -0.15) is 0 Å². The van der Waals surface area contributed by atoms with Gasteiger partial charge in [0.2, 0.25) is 5.91 Å². The van der Waals surface area contributed by atoms with Crippen molar-refractivity contribution in [2.75, 3.05) is 32.8 Å². The highest BCUT2D eigenvalue weighted by Crippen LogP contribution is 2.34. The summed E-state index contributed by atoms with van der Waals surface area (Å²) in [4.78, 5) is 31.9. The average molecular weight is 523 g/mol. The van der Waals surface area contributed by atoms with E-state index < -0.39 is 0 Å². The molecular weight excluding hydrogens is 491 g/mol. The Kier molecular flexibility index (Phi) is 7.86. The lowest BCUT2D eigenvalue weighted by atomic mass is 10.00. The van der Waals surface area contributed by atoms with Crippen LogP contribution in [0.15, 0.2) is 60.0 Å². The number of ether oxygens (including phenoxy) is 2. The van der Waals surface area contributed by atoms with Gasteiger partial charge in [0.05, 0.1) is 12.1 Å². The molecule has 0 radical (unpaired) electrons. The van der Waals surface area contributed by atoms with Crippen molar-refractivity contribution >= 4 is 23.2 Å². The molecule has 5 rings (SSSR count). The zero-order chi connectivity index (χ0) is 25.8. The maximum absolute atomic E-state index is 13.8. The first-order valence-corrected chi connectivity index (χ1v) is 13.6. The Morgan fingerprint density at radius 1 is 1.14 bits per heavy atom. The number of thiophene rings is 1. The Morgan fingerprint density at radius 2 is 1.92 bits per heavy atom. The Morgan fingerprint density at radius 3 is 2.65 bits per heavy atom. The molecule has 8 heteroatoms. The molecule has 0 aliphatic carbocycles. The van der Waals surface area contributed by atoms with Gasteiger partial charge in [0, 0.05) is 30.1 Å². The number of rotatable bonds is 8. The summed E-state index contributed by atoms with van der Waals surface area (Å²) in [6.45, 7) is 3.81. The fraction of sp³-hybridized carbons (Fsp3) is 0.379. The minimum atomic E-state index is -0.327. The smallest absolute Gasteiger partial charge is 0.254 e. The van der Waals surface area contributed by atoms with E-state index in [0.29, 0.717) is 31.0 Å². The molecule has 1 saturated heterocycles. The first kappa shape index (κ1) is 25.4. The fourth-order valence-corrected chi connectivity index (χ4v) is 5.90. The molecule has 2 unspecified atom stereocenters. The van der Waals surface area contributed by atoms with Crippen LogP contribution in [0.3, 0.4) is 0 Å². The highest BCUT2D eigenvalue weighted by atomic mass is 32.1. The number of hydrogen-bond donors (Lipinski definition) is 0. The van der Waals surface area contributed by atoms with Crippen LogP contribution in [0.2, 0.25) is 0 Å². The van der Waals surface area contributed by atoms with Crippen molar-refractivity contribution in [1.82, 2.24) is 9.80 Å². The maximum Gasteiger partial charge on any atom is 0.254 e. The van der Waals surface area contributed by atoms with E-state index in [1.807, 2.05) is 47.5 Å². The number of carbonyl (C=O) groups excluding carboxylic acids is 2. The maximum atomic E-state index is 13.8. The van der Waals surface area contributed by atoms with E-state index in [-0.39, 0.29) is 42.9 Å². The predicted molar refractivity (Wildman–Crippen MR) is 140 cm³/mol. The van der Waals surface area contributed by atoms with Gasteiger partial charge in [0.15, 0.2) is 0 Å². The van der Waals surface area contributed by atoms with Gasteiger partial charge in [-0.05, 0) is 79.6 Å². The van der Waals surface area contributed by atoms with Crippen LogP contribution in [0.25, 0.3) is 0 Å². The number of hydrogen-bond acceptors (Lipinski definition) is 5. The molecule has 194 valence electrons. The summed E-state index contributed by atoms with van der Waals surface area (Å²) < 4.78 is 25.1. The van der Waals surface area contributed by atoms with Crippen LogP contribution >= 0.6 is 11.3 Å². The SMILES string of the molecule is Cc1ccc(C(=O)N(CC(=O)N2CCc3sccc3C2COc2ccc(F)cc2)CC2CCCO2)cc1. The molecule has 0 N–H and O–H groups in total. The molecular formula is C29H31FN2O4S. The second-order valence-corrected chi connectivity index (χ2v) is 10.6. The first-order valence-electron chi connectivity index (χ1n) is 12.7. The third kappa shape index (κ3) is 6.02. The van der Waals surface area contributed by atoms with Crippen molar-refractivity contribution < 1.29 is 23.5 Å². The third-order valence-corrected chi connectivity index (χ3v) is 7.99. The molecule has 2 amide bonds. The zero-order valence-electron chi connectivity index (χ0n) is 20.9. The van der Waals surface area contributed by atoms with Crippen LogP contribution in [-0.4, -0.2) is 60.6 Å². The largest absolute Gasteiger partial charge is 0.491 e. The zero-order valence-corrected chi connectivity index (χ0v) is 21.7. The molecule has 2 atom stereocenters. The number of aryl methyl sites for hydroxylation is 1. The van der Waals surface area contributed by atoms with Crippen LogP contribution in [0, 0.1) is 12.7 Å². The molecule has 1 fully saturated rings. The van der Waals surface area contributed by atoms with Crippen LogP contribution in [0.5, 0.6) is 5.75 Å². The van der Waals surface area contributed by atoms with Gasteiger partial charge >= 0.3 is 0 Å². The molecule has 37 heavy (non-hydrogen) atoms. The van der Waals surface area contributed by atoms with Crippen molar-refractivity contribution in [2.24, 2.45) is 0 Å². The lowest BCUT2D eigenvalue weighted by Crippen LogP contribution is -2.49. The average Bonchev–Trinajstić information content (AvgIpc) is 3.60. The van der Waals surface area contributed by atoms with E-state index in [4.69, 9.17) is 9.47 Å². The number of carbonyl (C=O) groups is 2. The van der Waals surface area contributed by atoms with Crippen molar-refractivity contribution in [3.8, 4) is 5.75 Å². The summed E-state index contributed by atoms with van der Waals surface area (Å²) >= 11 is 1.68. The van der Waals surface area contributed by atoms with E-state index in [2.05, 4.69) is 0 Å². The Balaban J connectivity index is 1.34. The molecule has 2 aromatic carbocycles. The number of amides is 2. The van der Waals surface area contributed by atoms with Crippen LogP contribution < -0.4 is 4.74 Å². The number of halogens is 1. The second kappa shape index (κ2) is 11.4. The molecule has 3 aromatic rings. The molecule has 0 saturated carbocycles. The lowest BCUT2D eigenvalue weighted by Gasteiger charge is -2.37. The minimum Gasteiger partial charge on any atom is -0.491 e. The van der Waals surface area contributed by atoms with Crippen molar-refractivity contribution in [3.63, 3.8) is 0 Å². The van der Waals surface area contributed by atoms with E-state index in [9.17, 15) is 14.0 Å². The summed E-state index contributed by atoms with van der Waals surface area (Å²) in [6, 6.07) is 15.1. The van der Waals surface area contributed by atoms with Gasteiger partial charge < -0.3 is 19.3 Å². The van der Waals surface area contributed by atoms with Gasteiger partial charge in [-0.25, -0.2) is 4.39 Å². The molecule has 6 nitrogen and oxygen atoms in total. The molecule has 0 bridgehead atoms. The van der Waals surface area contributed by atoms with E-state index in [0.717, 1.165) is 30.4 Å². The van der Waals surface area contributed by atoms with Gasteiger partial charge in [0.25, 0.3) is 5.91 Å². The first-order chi connectivity index (χ1) is 18.0. The van der Waals surface area contributed by atoms with Crippen molar-refractivity contribution in [3.05, 3.63) is 87.4 Å². The van der Waals surface area contributed by atoms with Gasteiger partial charge in [-0.15, -0.1) is 11.3 Å². The summed E-state index contributed by atoms with van der Waals surface area (Å²) in [5.41, 5.74) is 2.70. The molecule has 2 aliphatic heterocycles. The normalized spacial score (nSPS) is 18.9. The lowest BCUT2D eigenvalue weighted by molar-refractivity contribution is -0.135. The summed E-state index contributed by atoms with van der Waals surface area (Å²) in [5, 5.41) is 2.04. The minimum absolute atomic E-state index is 0.0287. The third-order valence-electron chi connectivity index (χ3n) is 7.00. The number of fused-ring (bicyclic) bond motifs is 1. The number of nitrogens with zero attached hydrogens (tertiary/aromatic N) is 2. The predicted octanol–water partition coefficient (Wildman–Crippen LogP) is 5.02. The fourth-order valence-electron chi connectivity index (χ4n) is 4.97. The van der Waals surface area contributed by atoms with Crippen LogP contribution in [-0.2, 0) is 16.0 Å². The molecule has 0 spiro atoms. The monoisotopic (exact) mass is 522 g/mol. The molecule has 2 aliphatic rings. The highest BCUT2D eigenvalue weighted by molar-refractivity contribution is 7.10. The van der Waals surface area contributed by atoms with Gasteiger partial charge in [0.1, 0.15) is 24.7 Å². The summed E-state index contributed by atoms with van der Waals surface area (Å²) in [6.07, 6.45) is 2.54. The van der Waals surface area contributed by atoms with E-state index in [1.165, 1.54) is 17.0 Å². The topological polar surface area (TPSA) is 59.1 Å².